The first kappa shape index (κ1) is 18.1. The Morgan fingerprint density at radius 1 is 0.722 bits per heavy atom. The summed E-state index contributed by atoms with van der Waals surface area (Å²) in [7, 11) is 6.42. The summed E-state index contributed by atoms with van der Waals surface area (Å²) < 4.78 is 0. The van der Waals surface area contributed by atoms with Crippen molar-refractivity contribution in [2.75, 3.05) is 0 Å². The van der Waals surface area contributed by atoms with Gasteiger partial charge in [-0.15, -0.1) is 0 Å². The Morgan fingerprint density at radius 3 is 1.78 bits per heavy atom. The fourth-order valence-corrected chi connectivity index (χ4v) is 3.25. The summed E-state index contributed by atoms with van der Waals surface area (Å²) in [4.78, 5) is 0. The van der Waals surface area contributed by atoms with Crippen molar-refractivity contribution in [3.05, 3.63) is 0 Å². The van der Waals surface area contributed by atoms with E-state index in [1.165, 1.54) is 64.2 Å². The van der Waals surface area contributed by atoms with E-state index >= 15 is 0 Å². The van der Waals surface area contributed by atoms with Crippen LogP contribution in [0.4, 0.5) is 0 Å². The molecule has 106 valence electrons. The van der Waals surface area contributed by atoms with Gasteiger partial charge in [0.2, 0.25) is 0 Å². The fourth-order valence-electron chi connectivity index (χ4n) is 3.25. The Bertz CT molecular complexity index is 163. The van der Waals surface area contributed by atoms with Crippen LogP contribution in [0.15, 0.2) is 0 Å². The van der Waals surface area contributed by atoms with E-state index in [4.69, 9.17) is 7.85 Å². The number of hydrogen-bond donors (Lipinski definition) is 0. The van der Waals surface area contributed by atoms with Crippen molar-refractivity contribution in [2.24, 2.45) is 11.8 Å². The third kappa shape index (κ3) is 7.49. The molecule has 0 aliphatic rings. The van der Waals surface area contributed by atoms with Gasteiger partial charge >= 0.3 is 0 Å². The molecule has 0 nitrogen and oxygen atoms in total. The number of unbranched alkanes of at least 4 members (excludes halogenated alkanes) is 5. The molecular formula is C17H35B. The lowest BCUT2D eigenvalue weighted by Crippen LogP contribution is -2.19. The zero-order valence-electron chi connectivity index (χ0n) is 13.4. The van der Waals surface area contributed by atoms with Crippen LogP contribution >= 0.6 is 0 Å². The molecule has 0 spiro atoms. The zero-order valence-corrected chi connectivity index (χ0v) is 13.4. The lowest BCUT2D eigenvalue weighted by molar-refractivity contribution is 0.279. The molecule has 0 heterocycles. The van der Waals surface area contributed by atoms with Gasteiger partial charge in [-0.2, -0.15) is 0 Å². The Hall–Kier alpha value is 0.0649. The highest BCUT2D eigenvalue weighted by molar-refractivity contribution is 6.11. The monoisotopic (exact) mass is 250 g/mol. The molecule has 0 aromatic rings. The van der Waals surface area contributed by atoms with Gasteiger partial charge in [0.25, 0.3) is 0 Å². The van der Waals surface area contributed by atoms with Crippen LogP contribution in [-0.4, -0.2) is 7.85 Å². The van der Waals surface area contributed by atoms with Gasteiger partial charge in [0.15, 0.2) is 0 Å². The molecule has 1 heteroatoms. The molecular weight excluding hydrogens is 215 g/mol. The van der Waals surface area contributed by atoms with Gasteiger partial charge in [0.1, 0.15) is 0 Å². The summed E-state index contributed by atoms with van der Waals surface area (Å²) in [6.07, 6.45) is 13.3. The molecule has 0 aromatic carbocycles. The number of hydrogen-bond acceptors (Lipinski definition) is 0. The summed E-state index contributed by atoms with van der Waals surface area (Å²) >= 11 is 0. The van der Waals surface area contributed by atoms with E-state index in [2.05, 4.69) is 27.7 Å². The molecule has 0 N–H and O–H groups in total. The third-order valence-electron chi connectivity index (χ3n) is 4.57. The van der Waals surface area contributed by atoms with Crippen molar-refractivity contribution in [3.63, 3.8) is 0 Å². The summed E-state index contributed by atoms with van der Waals surface area (Å²) in [5.74, 6) is 2.02. The first-order chi connectivity index (χ1) is 8.71. The van der Waals surface area contributed by atoms with Gasteiger partial charge in [-0.3, -0.25) is 0 Å². The van der Waals surface area contributed by atoms with Crippen molar-refractivity contribution in [1.29, 1.82) is 0 Å². The Morgan fingerprint density at radius 2 is 1.28 bits per heavy atom. The molecule has 2 radical (unpaired) electrons. The molecule has 2 atom stereocenters. The van der Waals surface area contributed by atoms with E-state index in [1.54, 1.807) is 0 Å². The molecule has 0 fully saturated rings. The van der Waals surface area contributed by atoms with E-state index in [0.717, 1.165) is 11.8 Å². The summed E-state index contributed by atoms with van der Waals surface area (Å²) in [5.41, 5.74) is 0. The molecule has 2 unspecified atom stereocenters. The first-order valence-electron chi connectivity index (χ1n) is 8.46. The normalized spacial score (nSPS) is 14.9. The maximum atomic E-state index is 6.42. The lowest BCUT2D eigenvalue weighted by Gasteiger charge is -2.30. The van der Waals surface area contributed by atoms with E-state index in [0.29, 0.717) is 5.82 Å². The Balaban J connectivity index is 3.79. The second-order valence-corrected chi connectivity index (χ2v) is 5.87. The summed E-state index contributed by atoms with van der Waals surface area (Å²) in [5, 5.41) is 0. The molecule has 0 aromatic heterocycles. The van der Waals surface area contributed by atoms with Gasteiger partial charge in [-0.1, -0.05) is 97.7 Å². The minimum atomic E-state index is 0.436. The van der Waals surface area contributed by atoms with E-state index < -0.39 is 0 Å². The highest BCUT2D eigenvalue weighted by Crippen LogP contribution is 2.34. The number of rotatable bonds is 12. The molecule has 0 saturated heterocycles. The largest absolute Gasteiger partial charge is 0.0744 e. The minimum Gasteiger partial charge on any atom is -0.0744 e. The highest BCUT2D eigenvalue weighted by atomic mass is 14.2. The smallest absolute Gasteiger partial charge is 0.0703 e. The van der Waals surface area contributed by atoms with E-state index in [1.807, 2.05) is 0 Å². The average molecular weight is 250 g/mol. The molecule has 0 aliphatic carbocycles. The van der Waals surface area contributed by atoms with Gasteiger partial charge in [0, 0.05) is 0 Å². The Kier molecular flexibility index (Phi) is 12.2. The maximum Gasteiger partial charge on any atom is 0.0703 e. The van der Waals surface area contributed by atoms with Crippen molar-refractivity contribution < 1.29 is 0 Å². The SMILES string of the molecule is [B]C(CCCCCCCC)C(CC)C(CC)CC. The van der Waals surface area contributed by atoms with Crippen LogP contribution in [0.5, 0.6) is 0 Å². The maximum absolute atomic E-state index is 6.42. The predicted molar refractivity (Wildman–Crippen MR) is 85.4 cm³/mol. The zero-order chi connectivity index (χ0) is 13.8. The van der Waals surface area contributed by atoms with Crippen LogP contribution < -0.4 is 0 Å². The highest BCUT2D eigenvalue weighted by Gasteiger charge is 2.21. The van der Waals surface area contributed by atoms with Crippen molar-refractivity contribution in [1.82, 2.24) is 0 Å². The van der Waals surface area contributed by atoms with Crippen molar-refractivity contribution in [2.45, 2.75) is 97.7 Å². The third-order valence-corrected chi connectivity index (χ3v) is 4.57. The fraction of sp³-hybridized carbons (Fsp3) is 1.00. The van der Waals surface area contributed by atoms with Crippen LogP contribution in [0.25, 0.3) is 0 Å². The van der Waals surface area contributed by atoms with Crippen molar-refractivity contribution >= 4 is 7.85 Å². The van der Waals surface area contributed by atoms with Crippen LogP contribution in [0, 0.1) is 11.8 Å². The van der Waals surface area contributed by atoms with Crippen LogP contribution in [0.2, 0.25) is 5.82 Å². The average Bonchev–Trinajstić information content (AvgIpc) is 2.39. The second-order valence-electron chi connectivity index (χ2n) is 5.87. The van der Waals surface area contributed by atoms with Crippen LogP contribution in [-0.2, 0) is 0 Å². The summed E-state index contributed by atoms with van der Waals surface area (Å²) in [6.45, 7) is 9.21. The molecule has 0 amide bonds. The lowest BCUT2D eigenvalue weighted by atomic mass is 9.66. The molecule has 18 heavy (non-hydrogen) atoms. The Labute approximate surface area is 118 Å². The van der Waals surface area contributed by atoms with E-state index in [-0.39, 0.29) is 0 Å². The van der Waals surface area contributed by atoms with Gasteiger partial charge < -0.3 is 0 Å². The molecule has 0 aliphatic heterocycles. The van der Waals surface area contributed by atoms with Crippen LogP contribution in [0.1, 0.15) is 91.9 Å². The standard InChI is InChI=1S/C17H35B/c1-5-9-10-11-12-13-14-17(18)16(8-4)15(6-2)7-3/h15-17H,5-14H2,1-4H3. The second kappa shape index (κ2) is 12.1. The van der Waals surface area contributed by atoms with Gasteiger partial charge in [0.05, 0.1) is 7.85 Å². The predicted octanol–water partition coefficient (Wildman–Crippen LogP) is 6.16. The summed E-state index contributed by atoms with van der Waals surface area (Å²) in [6, 6.07) is 0. The molecule has 0 rings (SSSR count). The van der Waals surface area contributed by atoms with Crippen molar-refractivity contribution in [3.8, 4) is 0 Å². The topological polar surface area (TPSA) is 0 Å². The van der Waals surface area contributed by atoms with E-state index in [9.17, 15) is 0 Å². The molecule has 0 bridgehead atoms. The van der Waals surface area contributed by atoms with Gasteiger partial charge in [-0.05, 0) is 11.8 Å². The first-order valence-corrected chi connectivity index (χ1v) is 8.46. The molecule has 0 saturated carbocycles. The van der Waals surface area contributed by atoms with Crippen LogP contribution in [0.3, 0.4) is 0 Å². The minimum absolute atomic E-state index is 0.436. The van der Waals surface area contributed by atoms with Gasteiger partial charge in [-0.25, -0.2) is 0 Å². The quantitative estimate of drug-likeness (QED) is 0.287.